The van der Waals surface area contributed by atoms with E-state index in [-0.39, 0.29) is 29.4 Å². The number of benzene rings is 2. The minimum Gasteiger partial charge on any atom is -0.495 e. The second-order valence-corrected chi connectivity index (χ2v) is 8.68. The summed E-state index contributed by atoms with van der Waals surface area (Å²) in [4.78, 5) is 35.8. The first kappa shape index (κ1) is 23.5. The molecule has 2 N–H and O–H groups in total. The summed E-state index contributed by atoms with van der Waals surface area (Å²) in [6.07, 6.45) is 3.28. The lowest BCUT2D eigenvalue weighted by molar-refractivity contribution is -0.140. The topological polar surface area (TPSA) is 99.7 Å². The van der Waals surface area contributed by atoms with E-state index in [2.05, 4.69) is 20.6 Å². The van der Waals surface area contributed by atoms with Crippen molar-refractivity contribution in [2.45, 2.75) is 24.8 Å². The first-order valence-electron chi connectivity index (χ1n) is 11.4. The fourth-order valence-electron chi connectivity index (χ4n) is 3.93. The number of ether oxygens (including phenoxy) is 1. The number of halogens is 2. The number of hydrogen-bond acceptors (Lipinski definition) is 7. The number of carbonyl (C=O) groups excluding carboxylic acids is 2. The van der Waals surface area contributed by atoms with Crippen molar-refractivity contribution in [3.63, 3.8) is 0 Å². The van der Waals surface area contributed by atoms with Gasteiger partial charge in [0.15, 0.2) is 5.82 Å². The number of alkyl halides is 2. The Hall–Kier alpha value is -4.28. The van der Waals surface area contributed by atoms with Gasteiger partial charge in [-0.15, -0.1) is 0 Å². The van der Waals surface area contributed by atoms with E-state index >= 15 is 0 Å². The van der Waals surface area contributed by atoms with Crippen molar-refractivity contribution < 1.29 is 23.1 Å². The Kier molecular flexibility index (Phi) is 5.91. The fraction of sp³-hybridized carbons (Fsp3) is 0.280. The van der Waals surface area contributed by atoms with Crippen molar-refractivity contribution in [1.82, 2.24) is 15.3 Å². The number of para-hydroxylation sites is 1. The molecule has 1 aromatic heterocycles. The van der Waals surface area contributed by atoms with Crippen molar-refractivity contribution in [2.75, 3.05) is 35.8 Å². The van der Waals surface area contributed by atoms with Crippen LogP contribution < -0.4 is 25.2 Å². The molecule has 0 spiro atoms. The van der Waals surface area contributed by atoms with E-state index in [1.807, 2.05) is 0 Å². The van der Waals surface area contributed by atoms with Gasteiger partial charge in [-0.3, -0.25) is 9.59 Å². The van der Waals surface area contributed by atoms with Crippen molar-refractivity contribution in [3.8, 4) is 5.75 Å². The highest BCUT2D eigenvalue weighted by molar-refractivity contribution is 6.02. The van der Waals surface area contributed by atoms with Gasteiger partial charge in [-0.05, 0) is 43.2 Å². The fourth-order valence-corrected chi connectivity index (χ4v) is 3.93. The molecule has 0 saturated heterocycles. The molecule has 1 aliphatic carbocycles. The number of anilines is 5. The average molecular weight is 495 g/mol. The van der Waals surface area contributed by atoms with Gasteiger partial charge in [0, 0.05) is 24.3 Å². The van der Waals surface area contributed by atoms with Crippen LogP contribution in [-0.2, 0) is 4.79 Å². The second-order valence-electron chi connectivity index (χ2n) is 8.68. The van der Waals surface area contributed by atoms with Crippen LogP contribution in [0.4, 0.5) is 37.6 Å². The molecule has 0 radical (unpaired) electrons. The Balaban J connectivity index is 1.50. The summed E-state index contributed by atoms with van der Waals surface area (Å²) in [7, 11) is 2.75. The Morgan fingerprint density at radius 2 is 1.92 bits per heavy atom. The number of carbonyl (C=O) groups is 2. The zero-order chi connectivity index (χ0) is 25.4. The maximum absolute atomic E-state index is 14.8. The molecule has 2 aromatic carbocycles. The molecular formula is C25H24F2N6O3. The lowest BCUT2D eigenvalue weighted by Crippen LogP contribution is -2.45. The van der Waals surface area contributed by atoms with Gasteiger partial charge in [0.2, 0.25) is 5.95 Å². The normalized spacial score (nSPS) is 16.7. The lowest BCUT2D eigenvalue weighted by Gasteiger charge is -2.25. The number of rotatable bonds is 6. The Morgan fingerprint density at radius 3 is 2.61 bits per heavy atom. The zero-order valence-corrected chi connectivity index (χ0v) is 19.7. The van der Waals surface area contributed by atoms with Gasteiger partial charge >= 0.3 is 5.92 Å². The molecule has 5 rings (SSSR count). The molecule has 9 nitrogen and oxygen atoms in total. The van der Waals surface area contributed by atoms with Crippen LogP contribution in [0, 0.1) is 0 Å². The number of fused-ring (bicyclic) bond motifs is 1. The third kappa shape index (κ3) is 4.51. The Bertz CT molecular complexity index is 1320. The highest BCUT2D eigenvalue weighted by atomic mass is 19.3. The van der Waals surface area contributed by atoms with Crippen LogP contribution >= 0.6 is 0 Å². The third-order valence-corrected chi connectivity index (χ3v) is 6.03. The minimum atomic E-state index is -3.64. The second kappa shape index (κ2) is 9.06. The van der Waals surface area contributed by atoms with Crippen molar-refractivity contribution in [3.05, 3.63) is 60.3 Å². The van der Waals surface area contributed by atoms with Gasteiger partial charge in [-0.1, -0.05) is 18.2 Å². The van der Waals surface area contributed by atoms with E-state index in [1.54, 1.807) is 48.5 Å². The standard InChI is InChI=1S/C25H24F2N6O3/c1-32-19-13-28-24(30-18-11-8-15(12-20(18)36-2)22(34)29-16-9-10-16)31-21(19)33(14-25(26,27)23(32)35)17-6-4-3-5-7-17/h3-8,11-13,16H,9-10,14H2,1-2H3,(H,29,34)(H,28,30,31). The largest absolute Gasteiger partial charge is 0.495 e. The third-order valence-electron chi connectivity index (χ3n) is 6.03. The minimum absolute atomic E-state index is 0.106. The van der Waals surface area contributed by atoms with E-state index in [1.165, 1.54) is 25.3 Å². The molecule has 0 bridgehead atoms. The summed E-state index contributed by atoms with van der Waals surface area (Å²) in [5.41, 5.74) is 1.53. The first-order chi connectivity index (χ1) is 17.3. The summed E-state index contributed by atoms with van der Waals surface area (Å²) in [5, 5.41) is 5.96. The molecule has 3 aromatic rings. The maximum atomic E-state index is 14.8. The van der Waals surface area contributed by atoms with E-state index in [4.69, 9.17) is 4.74 Å². The average Bonchev–Trinajstić information content (AvgIpc) is 3.71. The molecule has 2 heterocycles. The van der Waals surface area contributed by atoms with Crippen LogP contribution in [0.15, 0.2) is 54.7 Å². The van der Waals surface area contributed by atoms with Crippen LogP contribution in [0.1, 0.15) is 23.2 Å². The molecule has 1 fully saturated rings. The van der Waals surface area contributed by atoms with Crippen molar-refractivity contribution in [2.24, 2.45) is 0 Å². The molecule has 1 saturated carbocycles. The van der Waals surface area contributed by atoms with E-state index in [9.17, 15) is 18.4 Å². The highest BCUT2D eigenvalue weighted by Crippen LogP contribution is 2.40. The van der Waals surface area contributed by atoms with Crippen LogP contribution in [0.3, 0.4) is 0 Å². The highest BCUT2D eigenvalue weighted by Gasteiger charge is 2.47. The van der Waals surface area contributed by atoms with Crippen molar-refractivity contribution in [1.29, 1.82) is 0 Å². The summed E-state index contributed by atoms with van der Waals surface area (Å²) >= 11 is 0. The van der Waals surface area contributed by atoms with Crippen LogP contribution in [0.5, 0.6) is 5.75 Å². The number of aromatic nitrogens is 2. The van der Waals surface area contributed by atoms with Crippen molar-refractivity contribution >= 4 is 40.6 Å². The van der Waals surface area contributed by atoms with Gasteiger partial charge < -0.3 is 25.2 Å². The lowest BCUT2D eigenvalue weighted by atomic mass is 10.1. The van der Waals surface area contributed by atoms with Gasteiger partial charge in [-0.25, -0.2) is 4.98 Å². The van der Waals surface area contributed by atoms with Gasteiger partial charge in [-0.2, -0.15) is 13.8 Å². The number of nitrogens with zero attached hydrogens (tertiary/aromatic N) is 4. The Labute approximate surface area is 206 Å². The van der Waals surface area contributed by atoms with E-state index in [0.29, 0.717) is 22.7 Å². The number of amides is 2. The quantitative estimate of drug-likeness (QED) is 0.537. The molecule has 0 atom stereocenters. The molecule has 1 aliphatic heterocycles. The number of nitrogens with one attached hydrogen (secondary N) is 2. The molecule has 2 aliphatic rings. The molecule has 2 amide bonds. The molecule has 0 unspecified atom stereocenters. The number of hydrogen-bond donors (Lipinski definition) is 2. The first-order valence-corrected chi connectivity index (χ1v) is 11.4. The summed E-state index contributed by atoms with van der Waals surface area (Å²) in [5.74, 6) is -4.53. The van der Waals surface area contributed by atoms with Gasteiger partial charge in [0.25, 0.3) is 11.8 Å². The summed E-state index contributed by atoms with van der Waals surface area (Å²) in [6, 6.07) is 13.7. The van der Waals surface area contributed by atoms with E-state index < -0.39 is 18.4 Å². The smallest absolute Gasteiger partial charge is 0.342 e. The predicted octanol–water partition coefficient (Wildman–Crippen LogP) is 3.87. The van der Waals surface area contributed by atoms with Gasteiger partial charge in [0.05, 0.1) is 25.5 Å². The van der Waals surface area contributed by atoms with Gasteiger partial charge in [0.1, 0.15) is 11.4 Å². The summed E-state index contributed by atoms with van der Waals surface area (Å²) < 4.78 is 35.0. The van der Waals surface area contributed by atoms with E-state index in [0.717, 1.165) is 17.7 Å². The molecular weight excluding hydrogens is 470 g/mol. The maximum Gasteiger partial charge on any atom is 0.342 e. The predicted molar refractivity (Wildman–Crippen MR) is 131 cm³/mol. The van der Waals surface area contributed by atoms with Crippen LogP contribution in [-0.4, -0.2) is 54.4 Å². The SMILES string of the molecule is COc1cc(C(=O)NC2CC2)ccc1Nc1ncc2c(n1)N(c1ccccc1)CC(F)(F)C(=O)N2C. The Morgan fingerprint density at radius 1 is 1.17 bits per heavy atom. The molecule has 186 valence electrons. The van der Waals surface area contributed by atoms with Crippen LogP contribution in [0.25, 0.3) is 0 Å². The monoisotopic (exact) mass is 494 g/mol. The molecule has 11 heteroatoms. The number of methoxy groups -OCH3 is 1. The van der Waals surface area contributed by atoms with Crippen LogP contribution in [0.2, 0.25) is 0 Å². The summed E-state index contributed by atoms with van der Waals surface area (Å²) in [6.45, 7) is -0.877. The molecule has 36 heavy (non-hydrogen) atoms. The zero-order valence-electron chi connectivity index (χ0n) is 19.7.